The highest BCUT2D eigenvalue weighted by molar-refractivity contribution is 5.83. The van der Waals surface area contributed by atoms with Gasteiger partial charge >= 0.3 is 0 Å². The van der Waals surface area contributed by atoms with Gasteiger partial charge in [0.25, 0.3) is 0 Å². The van der Waals surface area contributed by atoms with Gasteiger partial charge in [-0.25, -0.2) is 0 Å². The predicted molar refractivity (Wildman–Crippen MR) is 121 cm³/mol. The molecule has 166 valence electrons. The third kappa shape index (κ3) is 5.32. The van der Waals surface area contributed by atoms with Gasteiger partial charge in [-0.1, -0.05) is 57.9 Å². The molecule has 2 aromatic carbocycles. The van der Waals surface area contributed by atoms with Crippen molar-refractivity contribution >= 4 is 11.0 Å². The van der Waals surface area contributed by atoms with Crippen molar-refractivity contribution in [1.29, 1.82) is 0 Å². The Bertz CT molecular complexity index is 1080. The Morgan fingerprint density at radius 1 is 0.774 bits per heavy atom. The SMILES string of the molecule is CCCCCCCCCCc1ccc2oc(-c3cc(O)c(O)c(O)c3)c(O)c(=O)c2c1. The molecule has 0 aliphatic carbocycles. The molecule has 0 fully saturated rings. The third-order valence-electron chi connectivity index (χ3n) is 5.58. The van der Waals surface area contributed by atoms with E-state index in [1.165, 1.54) is 38.5 Å². The lowest BCUT2D eigenvalue weighted by atomic mass is 10.0. The van der Waals surface area contributed by atoms with Crippen LogP contribution >= 0.6 is 0 Å². The molecule has 0 saturated heterocycles. The second-order valence-electron chi connectivity index (χ2n) is 8.03. The molecule has 0 aliphatic heterocycles. The van der Waals surface area contributed by atoms with E-state index in [0.717, 1.165) is 37.0 Å². The number of hydrogen-bond donors (Lipinski definition) is 4. The van der Waals surface area contributed by atoms with Crippen LogP contribution in [0.5, 0.6) is 23.0 Å². The Morgan fingerprint density at radius 3 is 2.03 bits per heavy atom. The van der Waals surface area contributed by atoms with Gasteiger partial charge in [0.15, 0.2) is 23.0 Å². The van der Waals surface area contributed by atoms with Crippen molar-refractivity contribution in [3.63, 3.8) is 0 Å². The van der Waals surface area contributed by atoms with Crippen molar-refractivity contribution in [3.05, 3.63) is 46.1 Å². The molecule has 0 radical (unpaired) electrons. The number of phenolic OH excluding ortho intramolecular Hbond substituents is 3. The maximum Gasteiger partial charge on any atom is 0.235 e. The van der Waals surface area contributed by atoms with Crippen molar-refractivity contribution in [1.82, 2.24) is 0 Å². The zero-order valence-corrected chi connectivity index (χ0v) is 17.9. The number of unbranched alkanes of at least 4 members (excludes halogenated alkanes) is 7. The van der Waals surface area contributed by atoms with E-state index in [-0.39, 0.29) is 16.7 Å². The first kappa shape index (κ1) is 22.5. The van der Waals surface area contributed by atoms with Gasteiger partial charge in [-0.2, -0.15) is 0 Å². The lowest BCUT2D eigenvalue weighted by Gasteiger charge is -2.09. The molecule has 6 nitrogen and oxygen atoms in total. The minimum Gasteiger partial charge on any atom is -0.504 e. The molecule has 1 heterocycles. The van der Waals surface area contributed by atoms with Gasteiger partial charge in [0.2, 0.25) is 11.2 Å². The van der Waals surface area contributed by atoms with E-state index in [0.29, 0.717) is 5.58 Å². The Kier molecular flexibility index (Phi) is 7.45. The topological polar surface area (TPSA) is 111 Å². The lowest BCUT2D eigenvalue weighted by Crippen LogP contribution is -2.03. The number of rotatable bonds is 10. The summed E-state index contributed by atoms with van der Waals surface area (Å²) in [5, 5.41) is 39.6. The van der Waals surface area contributed by atoms with Gasteiger partial charge in [0, 0.05) is 5.56 Å². The predicted octanol–water partition coefficient (Wildman–Crippen LogP) is 5.97. The fraction of sp³-hybridized carbons (Fsp3) is 0.400. The molecular formula is C25H30O6. The van der Waals surface area contributed by atoms with Crippen molar-refractivity contribution < 1.29 is 24.8 Å². The maximum absolute atomic E-state index is 12.7. The zero-order valence-electron chi connectivity index (χ0n) is 17.9. The van der Waals surface area contributed by atoms with Gasteiger partial charge in [-0.05, 0) is 42.7 Å². The number of hydrogen-bond acceptors (Lipinski definition) is 6. The summed E-state index contributed by atoms with van der Waals surface area (Å²) >= 11 is 0. The minimum absolute atomic E-state index is 0.0762. The minimum atomic E-state index is -0.683. The normalized spacial score (nSPS) is 11.3. The van der Waals surface area contributed by atoms with Gasteiger partial charge in [-0.15, -0.1) is 0 Å². The molecule has 0 amide bonds. The summed E-state index contributed by atoms with van der Waals surface area (Å²) in [5.41, 5.74) is 0.802. The highest BCUT2D eigenvalue weighted by Gasteiger charge is 2.18. The summed E-state index contributed by atoms with van der Waals surface area (Å²) in [7, 11) is 0. The summed E-state index contributed by atoms with van der Waals surface area (Å²) in [4.78, 5) is 12.7. The second-order valence-corrected chi connectivity index (χ2v) is 8.03. The number of aromatic hydroxyl groups is 4. The van der Waals surface area contributed by atoms with Crippen LogP contribution in [0.25, 0.3) is 22.3 Å². The fourth-order valence-corrected chi connectivity index (χ4v) is 3.78. The summed E-state index contributed by atoms with van der Waals surface area (Å²) in [6.07, 6.45) is 10.7. The molecule has 4 N–H and O–H groups in total. The van der Waals surface area contributed by atoms with E-state index < -0.39 is 28.4 Å². The molecule has 31 heavy (non-hydrogen) atoms. The molecule has 0 saturated carbocycles. The molecular weight excluding hydrogens is 396 g/mol. The zero-order chi connectivity index (χ0) is 22.4. The first-order chi connectivity index (χ1) is 14.9. The molecule has 0 unspecified atom stereocenters. The molecule has 0 spiro atoms. The Morgan fingerprint density at radius 2 is 1.39 bits per heavy atom. The molecule has 6 heteroatoms. The lowest BCUT2D eigenvalue weighted by molar-refractivity contribution is 0.368. The number of phenols is 3. The van der Waals surface area contributed by atoms with Gasteiger partial charge < -0.3 is 24.8 Å². The standard InChI is InChI=1S/C25H30O6/c1-2-3-4-5-6-7-8-9-10-16-11-12-21-18(13-16)22(28)24(30)25(31-21)17-14-19(26)23(29)20(27)15-17/h11-15,26-27,29-30H,2-10H2,1H3. The molecule has 0 bridgehead atoms. The molecule has 3 rings (SSSR count). The van der Waals surface area contributed by atoms with E-state index >= 15 is 0 Å². The number of benzene rings is 2. The Labute approximate surface area is 181 Å². The van der Waals surface area contributed by atoms with E-state index in [1.807, 2.05) is 6.07 Å². The number of aryl methyl sites for hydroxylation is 1. The monoisotopic (exact) mass is 426 g/mol. The summed E-state index contributed by atoms with van der Waals surface area (Å²) in [5.74, 6) is -2.65. The van der Waals surface area contributed by atoms with Crippen LogP contribution in [0.4, 0.5) is 0 Å². The third-order valence-corrected chi connectivity index (χ3v) is 5.58. The van der Waals surface area contributed by atoms with E-state index in [1.54, 1.807) is 12.1 Å². The Balaban J connectivity index is 1.74. The van der Waals surface area contributed by atoms with Gasteiger partial charge in [-0.3, -0.25) is 4.79 Å². The number of fused-ring (bicyclic) bond motifs is 1. The van der Waals surface area contributed by atoms with Crippen LogP contribution in [0.15, 0.2) is 39.5 Å². The molecule has 1 aromatic heterocycles. The van der Waals surface area contributed by atoms with Crippen molar-refractivity contribution in [3.8, 4) is 34.3 Å². The van der Waals surface area contributed by atoms with Crippen LogP contribution in [0.1, 0.15) is 63.9 Å². The second kappa shape index (κ2) is 10.2. The van der Waals surface area contributed by atoms with E-state index in [2.05, 4.69) is 6.92 Å². The average Bonchev–Trinajstić information content (AvgIpc) is 2.76. The van der Waals surface area contributed by atoms with Crippen LogP contribution in [-0.2, 0) is 6.42 Å². The van der Waals surface area contributed by atoms with Crippen LogP contribution in [0.3, 0.4) is 0 Å². The van der Waals surface area contributed by atoms with Crippen LogP contribution in [0.2, 0.25) is 0 Å². The summed E-state index contributed by atoms with van der Waals surface area (Å²) in [6, 6.07) is 7.56. The smallest absolute Gasteiger partial charge is 0.235 e. The first-order valence-corrected chi connectivity index (χ1v) is 11.0. The van der Waals surface area contributed by atoms with Crippen LogP contribution < -0.4 is 5.43 Å². The van der Waals surface area contributed by atoms with E-state index in [4.69, 9.17) is 4.42 Å². The molecule has 0 atom stereocenters. The summed E-state index contributed by atoms with van der Waals surface area (Å²) < 4.78 is 5.70. The quantitative estimate of drug-likeness (QED) is 0.235. The van der Waals surface area contributed by atoms with Gasteiger partial charge in [0.1, 0.15) is 5.58 Å². The Hall–Kier alpha value is -3.15. The summed E-state index contributed by atoms with van der Waals surface area (Å²) in [6.45, 7) is 2.22. The maximum atomic E-state index is 12.7. The van der Waals surface area contributed by atoms with Crippen molar-refractivity contribution in [2.24, 2.45) is 0 Å². The van der Waals surface area contributed by atoms with E-state index in [9.17, 15) is 25.2 Å². The highest BCUT2D eigenvalue weighted by atomic mass is 16.4. The largest absolute Gasteiger partial charge is 0.504 e. The molecule has 3 aromatic rings. The fourth-order valence-electron chi connectivity index (χ4n) is 3.78. The van der Waals surface area contributed by atoms with Crippen LogP contribution in [-0.4, -0.2) is 20.4 Å². The van der Waals surface area contributed by atoms with Crippen LogP contribution in [0, 0.1) is 0 Å². The average molecular weight is 427 g/mol. The first-order valence-electron chi connectivity index (χ1n) is 11.0. The highest BCUT2D eigenvalue weighted by Crippen LogP contribution is 2.41. The van der Waals surface area contributed by atoms with Crippen molar-refractivity contribution in [2.45, 2.75) is 64.7 Å². The van der Waals surface area contributed by atoms with Gasteiger partial charge in [0.05, 0.1) is 5.39 Å². The van der Waals surface area contributed by atoms with Crippen molar-refractivity contribution in [2.75, 3.05) is 0 Å². The molecule has 0 aliphatic rings.